The van der Waals surface area contributed by atoms with Gasteiger partial charge in [0.05, 0.1) is 0 Å². The van der Waals surface area contributed by atoms with E-state index in [1.165, 1.54) is 25.5 Å². The molecule has 0 amide bonds. The third kappa shape index (κ3) is 1.51. The van der Waals surface area contributed by atoms with E-state index in [1.807, 2.05) is 0 Å². The van der Waals surface area contributed by atoms with Crippen LogP contribution in [0.1, 0.15) is 19.8 Å². The van der Waals surface area contributed by atoms with Gasteiger partial charge in [-0.1, -0.05) is 19.7 Å². The predicted molar refractivity (Wildman–Crippen MR) is 36.2 cm³/mol. The Balaban J connectivity index is 2.13. The van der Waals surface area contributed by atoms with Gasteiger partial charge in [0.2, 0.25) is 0 Å². The van der Waals surface area contributed by atoms with Gasteiger partial charge in [0.15, 0.2) is 0 Å². The highest BCUT2D eigenvalue weighted by molar-refractivity contribution is 6.51. The molecule has 0 saturated carbocycles. The van der Waals surface area contributed by atoms with Gasteiger partial charge in [0.1, 0.15) is 0 Å². The van der Waals surface area contributed by atoms with E-state index in [0.717, 1.165) is 6.61 Å². The zero-order valence-electron chi connectivity index (χ0n) is 5.52. The Hall–Kier alpha value is 0.0249. The van der Waals surface area contributed by atoms with Gasteiger partial charge in [-0.25, -0.2) is 0 Å². The Kier molecular flexibility index (Phi) is 2.41. The van der Waals surface area contributed by atoms with Crippen LogP contribution in [0.3, 0.4) is 0 Å². The third-order valence-corrected chi connectivity index (χ3v) is 1.73. The van der Waals surface area contributed by atoms with Gasteiger partial charge in [-0.05, 0) is 12.7 Å². The van der Waals surface area contributed by atoms with Crippen LogP contribution in [0.25, 0.3) is 0 Å². The van der Waals surface area contributed by atoms with Gasteiger partial charge in [0, 0.05) is 6.61 Å². The molecular weight excluding hydrogens is 98.9 g/mol. The molecule has 0 radical (unpaired) electrons. The molecule has 0 spiro atoms. The van der Waals surface area contributed by atoms with Crippen molar-refractivity contribution in [2.45, 2.75) is 32.4 Å². The lowest BCUT2D eigenvalue weighted by Crippen LogP contribution is -2.21. The van der Waals surface area contributed by atoms with E-state index < -0.39 is 0 Å². The van der Waals surface area contributed by atoms with Crippen molar-refractivity contribution in [3.05, 3.63) is 0 Å². The highest BCUT2D eigenvalue weighted by Gasteiger charge is 2.15. The van der Waals surface area contributed by atoms with E-state index in [2.05, 4.69) is 6.92 Å². The molecule has 0 aromatic rings. The second-order valence-electron chi connectivity index (χ2n) is 2.40. The predicted octanol–water partition coefficient (Wildman–Crippen LogP) is 1.81. The molecule has 1 heterocycles. The summed E-state index contributed by atoms with van der Waals surface area (Å²) in [6.07, 6.45) is 5.13. The molecule has 1 fully saturated rings. The average Bonchev–Trinajstić information content (AvgIpc) is 1.90. The van der Waals surface area contributed by atoms with Crippen molar-refractivity contribution in [3.63, 3.8) is 0 Å². The molecule has 0 aromatic heterocycles. The van der Waals surface area contributed by atoms with Gasteiger partial charge in [-0.15, -0.1) is 0 Å². The standard InChI is InChI=1S/C6H13BO/c1-2-7-5-3-4-6-8-7/h2-6H2,1H3. The molecule has 1 saturated heterocycles. The van der Waals surface area contributed by atoms with Gasteiger partial charge in [0.25, 0.3) is 6.92 Å². The minimum absolute atomic E-state index is 0.587. The lowest BCUT2D eigenvalue weighted by molar-refractivity contribution is 0.287. The van der Waals surface area contributed by atoms with Crippen LogP contribution >= 0.6 is 0 Å². The lowest BCUT2D eigenvalue weighted by Gasteiger charge is -2.17. The zero-order chi connectivity index (χ0) is 5.82. The molecule has 8 heavy (non-hydrogen) atoms. The second-order valence-corrected chi connectivity index (χ2v) is 2.40. The van der Waals surface area contributed by atoms with Crippen LogP contribution in [0.2, 0.25) is 12.6 Å². The van der Waals surface area contributed by atoms with Gasteiger partial charge < -0.3 is 4.65 Å². The topological polar surface area (TPSA) is 9.23 Å². The fourth-order valence-electron chi connectivity index (χ4n) is 1.13. The molecule has 46 valence electrons. The molecule has 0 atom stereocenters. The van der Waals surface area contributed by atoms with Crippen LogP contribution in [0.5, 0.6) is 0 Å². The van der Waals surface area contributed by atoms with Gasteiger partial charge >= 0.3 is 0 Å². The minimum Gasteiger partial charge on any atom is -0.436 e. The Morgan fingerprint density at radius 3 is 2.75 bits per heavy atom. The van der Waals surface area contributed by atoms with E-state index in [4.69, 9.17) is 4.65 Å². The Morgan fingerprint density at radius 1 is 1.50 bits per heavy atom. The van der Waals surface area contributed by atoms with Crippen molar-refractivity contribution in [1.29, 1.82) is 0 Å². The Bertz CT molecular complexity index is 59.5. The summed E-state index contributed by atoms with van der Waals surface area (Å²) in [7, 11) is 0. The zero-order valence-corrected chi connectivity index (χ0v) is 5.52. The molecule has 1 aliphatic heterocycles. The molecule has 1 nitrogen and oxygen atoms in total. The van der Waals surface area contributed by atoms with Crippen molar-refractivity contribution < 1.29 is 4.65 Å². The fourth-order valence-corrected chi connectivity index (χ4v) is 1.13. The van der Waals surface area contributed by atoms with Crippen molar-refractivity contribution in [1.82, 2.24) is 0 Å². The summed E-state index contributed by atoms with van der Waals surface area (Å²) in [4.78, 5) is 0. The van der Waals surface area contributed by atoms with Crippen molar-refractivity contribution in [2.24, 2.45) is 0 Å². The maximum Gasteiger partial charge on any atom is 0.292 e. The average molecular weight is 112 g/mol. The van der Waals surface area contributed by atoms with E-state index in [0.29, 0.717) is 6.92 Å². The quantitative estimate of drug-likeness (QED) is 0.470. The number of hydrogen-bond acceptors (Lipinski definition) is 1. The molecule has 0 bridgehead atoms. The normalized spacial score (nSPS) is 21.4. The maximum absolute atomic E-state index is 5.43. The highest BCUT2D eigenvalue weighted by atomic mass is 16.4. The molecule has 1 aliphatic rings. The Morgan fingerprint density at radius 2 is 2.38 bits per heavy atom. The summed E-state index contributed by atoms with van der Waals surface area (Å²) in [6, 6.07) is 0. The van der Waals surface area contributed by atoms with Crippen molar-refractivity contribution >= 4 is 6.92 Å². The van der Waals surface area contributed by atoms with Crippen LogP contribution < -0.4 is 0 Å². The monoisotopic (exact) mass is 112 g/mol. The van der Waals surface area contributed by atoms with E-state index in [-0.39, 0.29) is 0 Å². The minimum atomic E-state index is 0.587. The molecule has 0 N–H and O–H groups in total. The van der Waals surface area contributed by atoms with Crippen LogP contribution in [-0.2, 0) is 4.65 Å². The van der Waals surface area contributed by atoms with Crippen LogP contribution in [0.4, 0.5) is 0 Å². The molecular formula is C6H13BO. The van der Waals surface area contributed by atoms with E-state index >= 15 is 0 Å². The van der Waals surface area contributed by atoms with Crippen LogP contribution in [0.15, 0.2) is 0 Å². The smallest absolute Gasteiger partial charge is 0.292 e. The summed E-state index contributed by atoms with van der Waals surface area (Å²) in [5, 5.41) is 0. The third-order valence-electron chi connectivity index (χ3n) is 1.73. The molecule has 0 unspecified atom stereocenters. The highest BCUT2D eigenvalue weighted by Crippen LogP contribution is 2.12. The first kappa shape index (κ1) is 6.15. The van der Waals surface area contributed by atoms with Gasteiger partial charge in [-0.2, -0.15) is 0 Å². The SMILES string of the molecule is CCB1CCCCO1. The van der Waals surface area contributed by atoms with Crippen LogP contribution in [-0.4, -0.2) is 13.5 Å². The fraction of sp³-hybridized carbons (Fsp3) is 1.00. The summed E-state index contributed by atoms with van der Waals surface area (Å²) in [6.45, 7) is 3.78. The molecule has 2 heteroatoms. The van der Waals surface area contributed by atoms with Crippen molar-refractivity contribution in [2.75, 3.05) is 6.61 Å². The maximum atomic E-state index is 5.43. The summed E-state index contributed by atoms with van der Waals surface area (Å²) in [5.41, 5.74) is 0. The number of rotatable bonds is 1. The molecule has 1 rings (SSSR count). The lowest BCUT2D eigenvalue weighted by atomic mass is 9.60. The Labute approximate surface area is 51.5 Å². The van der Waals surface area contributed by atoms with E-state index in [9.17, 15) is 0 Å². The first-order chi connectivity index (χ1) is 3.93. The number of hydrogen-bond donors (Lipinski definition) is 0. The van der Waals surface area contributed by atoms with Crippen molar-refractivity contribution in [3.8, 4) is 0 Å². The first-order valence-corrected chi connectivity index (χ1v) is 3.55. The molecule has 0 aromatic carbocycles. The largest absolute Gasteiger partial charge is 0.436 e. The summed E-state index contributed by atoms with van der Waals surface area (Å²) in [5.74, 6) is 0. The van der Waals surface area contributed by atoms with Crippen LogP contribution in [0, 0.1) is 0 Å². The van der Waals surface area contributed by atoms with Gasteiger partial charge in [-0.3, -0.25) is 0 Å². The first-order valence-electron chi connectivity index (χ1n) is 3.55. The summed E-state index contributed by atoms with van der Waals surface area (Å²) < 4.78 is 5.43. The molecule has 0 aliphatic carbocycles. The summed E-state index contributed by atoms with van der Waals surface area (Å²) >= 11 is 0. The second kappa shape index (κ2) is 3.13. The van der Waals surface area contributed by atoms with E-state index in [1.54, 1.807) is 0 Å².